The van der Waals surface area contributed by atoms with Crippen LogP contribution in [-0.2, 0) is 4.74 Å². The molecule has 1 amide bonds. The zero-order chi connectivity index (χ0) is 24.3. The molecule has 11 nitrogen and oxygen atoms in total. The fourth-order valence-corrected chi connectivity index (χ4v) is 3.18. The molecule has 1 heterocycles. The summed E-state index contributed by atoms with van der Waals surface area (Å²) in [4.78, 5) is 47.7. The summed E-state index contributed by atoms with van der Waals surface area (Å²) in [6.07, 6.45) is 1.25. The first kappa shape index (κ1) is 23.2. The Bertz CT molecular complexity index is 1260. The number of nitrogens with one attached hydrogen (secondary N) is 1. The Kier molecular flexibility index (Phi) is 6.54. The molecule has 170 valence electrons. The zero-order valence-corrected chi connectivity index (χ0v) is 17.5. The van der Waals surface area contributed by atoms with Gasteiger partial charge in [0, 0.05) is 5.56 Å². The average Bonchev–Trinajstić information content (AvgIpc) is 3.28. The quantitative estimate of drug-likeness (QED) is 0.126. The minimum atomic E-state index is -1.38. The molecule has 0 aliphatic carbocycles. The number of nitrogen functional groups attached to an aromatic ring is 1. The molecule has 0 aliphatic heterocycles. The van der Waals surface area contributed by atoms with Crippen LogP contribution in [0.4, 0.5) is 5.69 Å². The van der Waals surface area contributed by atoms with Crippen molar-refractivity contribution in [2.24, 2.45) is 5.84 Å². The van der Waals surface area contributed by atoms with Crippen molar-refractivity contribution < 1.29 is 33.6 Å². The normalized spacial score (nSPS) is 10.7. The highest BCUT2D eigenvalue weighted by molar-refractivity contribution is 6.12. The lowest BCUT2D eigenvalue weighted by molar-refractivity contribution is -0.386. The van der Waals surface area contributed by atoms with Crippen molar-refractivity contribution in [3.8, 4) is 16.9 Å². The molecule has 0 saturated carbocycles. The first-order chi connectivity index (χ1) is 15.6. The maximum Gasteiger partial charge on any atom is 0.382 e. The molecular weight excluding hydrogens is 434 g/mol. The van der Waals surface area contributed by atoms with Crippen molar-refractivity contribution in [1.29, 1.82) is 0 Å². The highest BCUT2D eigenvalue weighted by atomic mass is 16.6. The van der Waals surface area contributed by atoms with Crippen LogP contribution in [-0.4, -0.2) is 27.9 Å². The molecule has 11 heteroatoms. The fourth-order valence-electron chi connectivity index (χ4n) is 3.18. The molecule has 0 saturated heterocycles. The van der Waals surface area contributed by atoms with Crippen molar-refractivity contribution in [1.82, 2.24) is 5.43 Å². The second-order valence-electron chi connectivity index (χ2n) is 7.21. The lowest BCUT2D eigenvalue weighted by Crippen LogP contribution is -2.32. The molecule has 0 bridgehead atoms. The number of phenolic OH excluding ortho intramolecular Hbond substituents is 1. The van der Waals surface area contributed by atoms with Crippen LogP contribution in [0.5, 0.6) is 5.75 Å². The van der Waals surface area contributed by atoms with Crippen molar-refractivity contribution in [3.63, 3.8) is 0 Å². The zero-order valence-electron chi connectivity index (χ0n) is 17.5. The minimum absolute atomic E-state index is 0.228. The number of rotatable bonds is 6. The first-order valence-corrected chi connectivity index (χ1v) is 9.61. The smallest absolute Gasteiger partial charge is 0.382 e. The van der Waals surface area contributed by atoms with E-state index < -0.39 is 45.3 Å². The minimum Gasteiger partial charge on any atom is -0.502 e. The summed E-state index contributed by atoms with van der Waals surface area (Å²) in [5, 5.41) is 21.1. The van der Waals surface area contributed by atoms with Crippen molar-refractivity contribution in [2.45, 2.75) is 19.8 Å². The molecule has 0 fully saturated rings. The highest BCUT2D eigenvalue weighted by Crippen LogP contribution is 2.33. The van der Waals surface area contributed by atoms with Gasteiger partial charge in [0.05, 0.1) is 16.7 Å². The summed E-state index contributed by atoms with van der Waals surface area (Å²) in [5.41, 5.74) is 1.12. The topological polar surface area (TPSA) is 175 Å². The van der Waals surface area contributed by atoms with Gasteiger partial charge in [0.25, 0.3) is 5.91 Å². The van der Waals surface area contributed by atoms with E-state index in [1.165, 1.54) is 12.3 Å². The van der Waals surface area contributed by atoms with Gasteiger partial charge in [-0.05, 0) is 35.2 Å². The number of carbonyl (C=O) groups excluding carboxylic acids is 3. The van der Waals surface area contributed by atoms with Gasteiger partial charge in [-0.25, -0.2) is 15.4 Å². The Labute approximate surface area is 186 Å². The Morgan fingerprint density at radius 3 is 2.52 bits per heavy atom. The third-order valence-corrected chi connectivity index (χ3v) is 4.82. The number of ether oxygens (including phenoxy) is 1. The molecule has 0 unspecified atom stereocenters. The second kappa shape index (κ2) is 9.32. The first-order valence-electron chi connectivity index (χ1n) is 9.61. The number of amides is 1. The summed E-state index contributed by atoms with van der Waals surface area (Å²) < 4.78 is 10.1. The van der Waals surface area contributed by atoms with Crippen LogP contribution in [0.3, 0.4) is 0 Å². The van der Waals surface area contributed by atoms with E-state index in [2.05, 4.69) is 0 Å². The standard InChI is InChI=1S/C22H19N3O8/c1-11(2)12-4-3-5-13(10-12)14-8-9-32-19(14)22(29)33-21(28)15-6-7-16(26)18(25(30)31)17(15)20(27)24-23/h3-11,26H,23H2,1-2H3,(H,24,27). The second-order valence-corrected chi connectivity index (χ2v) is 7.21. The lowest BCUT2D eigenvalue weighted by Gasteiger charge is -2.10. The molecule has 3 aromatic rings. The van der Waals surface area contributed by atoms with Crippen LogP contribution in [0.2, 0.25) is 0 Å². The van der Waals surface area contributed by atoms with Crippen LogP contribution >= 0.6 is 0 Å². The number of benzene rings is 2. The van der Waals surface area contributed by atoms with E-state index >= 15 is 0 Å². The summed E-state index contributed by atoms with van der Waals surface area (Å²) >= 11 is 0. The number of hydrazine groups is 1. The highest BCUT2D eigenvalue weighted by Gasteiger charge is 2.33. The van der Waals surface area contributed by atoms with E-state index in [1.54, 1.807) is 11.5 Å². The number of esters is 2. The number of nitro benzene ring substituents is 1. The Balaban J connectivity index is 1.97. The molecule has 0 aliphatic rings. The summed E-state index contributed by atoms with van der Waals surface area (Å²) in [7, 11) is 0. The molecule has 2 aromatic carbocycles. The number of hydrogen-bond acceptors (Lipinski definition) is 9. The van der Waals surface area contributed by atoms with Crippen LogP contribution < -0.4 is 11.3 Å². The monoisotopic (exact) mass is 453 g/mol. The molecule has 0 spiro atoms. The van der Waals surface area contributed by atoms with Gasteiger partial charge in [-0.15, -0.1) is 0 Å². The van der Waals surface area contributed by atoms with Gasteiger partial charge in [-0.3, -0.25) is 20.3 Å². The molecule has 0 atom stereocenters. The van der Waals surface area contributed by atoms with E-state index in [1.807, 2.05) is 32.0 Å². The number of aromatic hydroxyl groups is 1. The molecule has 1 aromatic heterocycles. The van der Waals surface area contributed by atoms with Gasteiger partial charge in [0.15, 0.2) is 5.75 Å². The van der Waals surface area contributed by atoms with Crippen LogP contribution in [0.1, 0.15) is 56.6 Å². The van der Waals surface area contributed by atoms with Crippen LogP contribution in [0.15, 0.2) is 53.1 Å². The number of hydrogen-bond donors (Lipinski definition) is 3. The third kappa shape index (κ3) is 4.57. The number of carbonyl (C=O) groups is 3. The van der Waals surface area contributed by atoms with Gasteiger partial charge in [0.1, 0.15) is 5.56 Å². The van der Waals surface area contributed by atoms with Gasteiger partial charge < -0.3 is 14.3 Å². The lowest BCUT2D eigenvalue weighted by atomic mass is 9.97. The number of furan rings is 1. The molecule has 0 radical (unpaired) electrons. The number of nitrogens with two attached hydrogens (primary N) is 1. The third-order valence-electron chi connectivity index (χ3n) is 4.82. The fraction of sp³-hybridized carbons (Fsp3) is 0.136. The van der Waals surface area contributed by atoms with Gasteiger partial charge in [-0.1, -0.05) is 38.1 Å². The van der Waals surface area contributed by atoms with Crippen molar-refractivity contribution in [2.75, 3.05) is 0 Å². The number of nitrogens with zero attached hydrogens (tertiary/aromatic N) is 1. The van der Waals surface area contributed by atoms with Gasteiger partial charge >= 0.3 is 17.6 Å². The Hall–Kier alpha value is -4.51. The summed E-state index contributed by atoms with van der Waals surface area (Å²) in [6, 6.07) is 10.6. The molecular formula is C22H19N3O8. The Morgan fingerprint density at radius 2 is 1.88 bits per heavy atom. The number of nitro groups is 1. The predicted molar refractivity (Wildman–Crippen MR) is 114 cm³/mol. The maximum atomic E-state index is 12.7. The molecule has 33 heavy (non-hydrogen) atoms. The SMILES string of the molecule is CC(C)c1cccc(-c2ccoc2C(=O)OC(=O)c2ccc(O)c([N+](=O)[O-])c2C(=O)NN)c1. The summed E-state index contributed by atoms with van der Waals surface area (Å²) in [6.45, 7) is 4.02. The Morgan fingerprint density at radius 1 is 1.15 bits per heavy atom. The van der Waals surface area contributed by atoms with E-state index in [-0.39, 0.29) is 11.7 Å². The van der Waals surface area contributed by atoms with Crippen molar-refractivity contribution >= 4 is 23.5 Å². The van der Waals surface area contributed by atoms with Gasteiger partial charge in [-0.2, -0.15) is 0 Å². The van der Waals surface area contributed by atoms with E-state index in [0.717, 1.165) is 17.7 Å². The molecule has 4 N–H and O–H groups in total. The van der Waals surface area contributed by atoms with E-state index in [9.17, 15) is 29.6 Å². The van der Waals surface area contributed by atoms with Gasteiger partial charge in [0.2, 0.25) is 5.76 Å². The van der Waals surface area contributed by atoms with Crippen LogP contribution in [0.25, 0.3) is 11.1 Å². The van der Waals surface area contributed by atoms with E-state index in [4.69, 9.17) is 15.0 Å². The largest absolute Gasteiger partial charge is 0.502 e. The van der Waals surface area contributed by atoms with E-state index in [0.29, 0.717) is 11.1 Å². The molecule has 3 rings (SSSR count). The van der Waals surface area contributed by atoms with Crippen LogP contribution in [0, 0.1) is 10.1 Å². The predicted octanol–water partition coefficient (Wildman–Crippen LogP) is 3.28. The summed E-state index contributed by atoms with van der Waals surface area (Å²) in [5.74, 6) is 0.342. The maximum absolute atomic E-state index is 12.7. The van der Waals surface area contributed by atoms with Crippen molar-refractivity contribution in [3.05, 3.63) is 81.3 Å². The average molecular weight is 453 g/mol. The number of phenols is 1.